The zero-order valence-corrected chi connectivity index (χ0v) is 10.1. The third-order valence-electron chi connectivity index (χ3n) is 2.46. The molecule has 1 aromatic rings. The lowest BCUT2D eigenvalue weighted by Gasteiger charge is -2.13. The Morgan fingerprint density at radius 3 is 2.73 bits per heavy atom. The first-order valence-electron chi connectivity index (χ1n) is 5.17. The molecular formula is C12H17FOS. The number of aryl methyl sites for hydroxylation is 1. The molecule has 1 atom stereocenters. The number of thiol groups is 1. The summed E-state index contributed by atoms with van der Waals surface area (Å²) in [4.78, 5) is 0. The van der Waals surface area contributed by atoms with Crippen molar-refractivity contribution in [2.45, 2.75) is 20.3 Å². The first-order valence-corrected chi connectivity index (χ1v) is 5.80. The van der Waals surface area contributed by atoms with Gasteiger partial charge in [-0.2, -0.15) is 12.6 Å². The van der Waals surface area contributed by atoms with Gasteiger partial charge in [0.25, 0.3) is 0 Å². The summed E-state index contributed by atoms with van der Waals surface area (Å²) in [5.74, 6) is 1.60. The molecule has 0 N–H and O–H groups in total. The van der Waals surface area contributed by atoms with E-state index in [2.05, 4.69) is 19.6 Å². The van der Waals surface area contributed by atoms with Gasteiger partial charge in [-0.05, 0) is 30.7 Å². The van der Waals surface area contributed by atoms with Gasteiger partial charge in [-0.3, -0.25) is 0 Å². The van der Waals surface area contributed by atoms with Gasteiger partial charge in [-0.25, -0.2) is 4.39 Å². The Morgan fingerprint density at radius 2 is 2.20 bits per heavy atom. The molecule has 0 spiro atoms. The highest BCUT2D eigenvalue weighted by Crippen LogP contribution is 2.17. The van der Waals surface area contributed by atoms with E-state index in [-0.39, 0.29) is 5.82 Å². The number of halogens is 1. The van der Waals surface area contributed by atoms with Crippen LogP contribution >= 0.6 is 12.6 Å². The van der Waals surface area contributed by atoms with Crippen molar-refractivity contribution in [3.8, 4) is 5.75 Å². The third kappa shape index (κ3) is 3.74. The first-order chi connectivity index (χ1) is 7.17. The maximum absolute atomic E-state index is 13.2. The number of rotatable bonds is 5. The predicted molar refractivity (Wildman–Crippen MR) is 64.3 cm³/mol. The molecule has 0 saturated heterocycles. The molecule has 3 heteroatoms. The number of benzene rings is 1. The summed E-state index contributed by atoms with van der Waals surface area (Å²) in [7, 11) is 0. The zero-order valence-electron chi connectivity index (χ0n) is 9.16. The fraction of sp³-hybridized carbons (Fsp3) is 0.500. The van der Waals surface area contributed by atoms with Gasteiger partial charge in [0.05, 0.1) is 6.61 Å². The Bertz CT molecular complexity index is 310. The van der Waals surface area contributed by atoms with Gasteiger partial charge in [0.2, 0.25) is 0 Å². The van der Waals surface area contributed by atoms with Gasteiger partial charge in [-0.15, -0.1) is 0 Å². The van der Waals surface area contributed by atoms with Gasteiger partial charge in [0.1, 0.15) is 11.6 Å². The second-order valence-electron chi connectivity index (χ2n) is 3.68. The Balaban J connectivity index is 2.54. The molecule has 1 nitrogen and oxygen atoms in total. The van der Waals surface area contributed by atoms with E-state index in [1.807, 2.05) is 0 Å². The summed E-state index contributed by atoms with van der Waals surface area (Å²) in [6.45, 7) is 4.43. The second kappa shape index (κ2) is 6.01. The molecule has 0 bridgehead atoms. The van der Waals surface area contributed by atoms with Gasteiger partial charge in [0.15, 0.2) is 0 Å². The average molecular weight is 228 g/mol. The van der Waals surface area contributed by atoms with Crippen LogP contribution in [0.15, 0.2) is 18.2 Å². The molecule has 0 saturated carbocycles. The molecule has 15 heavy (non-hydrogen) atoms. The van der Waals surface area contributed by atoms with Crippen molar-refractivity contribution in [1.29, 1.82) is 0 Å². The van der Waals surface area contributed by atoms with E-state index in [4.69, 9.17) is 4.74 Å². The van der Waals surface area contributed by atoms with Crippen LogP contribution in [0.3, 0.4) is 0 Å². The van der Waals surface area contributed by atoms with Crippen LogP contribution in [-0.2, 0) is 0 Å². The number of hydrogen-bond acceptors (Lipinski definition) is 2. The van der Waals surface area contributed by atoms with E-state index in [0.29, 0.717) is 23.8 Å². The number of hydrogen-bond donors (Lipinski definition) is 1. The smallest absolute Gasteiger partial charge is 0.129 e. The van der Waals surface area contributed by atoms with Crippen LogP contribution in [0, 0.1) is 18.7 Å². The van der Waals surface area contributed by atoms with Crippen molar-refractivity contribution >= 4 is 12.6 Å². The van der Waals surface area contributed by atoms with Crippen molar-refractivity contribution in [1.82, 2.24) is 0 Å². The maximum Gasteiger partial charge on any atom is 0.129 e. The van der Waals surface area contributed by atoms with Gasteiger partial charge >= 0.3 is 0 Å². The predicted octanol–water partition coefficient (Wildman–Crippen LogP) is 3.47. The lowest BCUT2D eigenvalue weighted by atomic mass is 10.1. The van der Waals surface area contributed by atoms with Crippen LogP contribution in [0.4, 0.5) is 4.39 Å². The molecule has 0 aliphatic heterocycles. The van der Waals surface area contributed by atoms with E-state index < -0.39 is 0 Å². The Labute approximate surface area is 96.1 Å². The fourth-order valence-corrected chi connectivity index (χ4v) is 1.54. The standard InChI is InChI=1S/C12H17FOS/c1-3-10(8-15)7-14-11-5-4-9(2)12(13)6-11/h4-6,10,15H,3,7-8H2,1-2H3. The molecular weight excluding hydrogens is 211 g/mol. The summed E-state index contributed by atoms with van der Waals surface area (Å²) < 4.78 is 18.7. The summed E-state index contributed by atoms with van der Waals surface area (Å²) >= 11 is 4.22. The topological polar surface area (TPSA) is 9.23 Å². The summed E-state index contributed by atoms with van der Waals surface area (Å²) in [6.07, 6.45) is 1.03. The van der Waals surface area contributed by atoms with Crippen molar-refractivity contribution < 1.29 is 9.13 Å². The quantitative estimate of drug-likeness (QED) is 0.759. The highest BCUT2D eigenvalue weighted by atomic mass is 32.1. The van der Waals surface area contributed by atoms with Gasteiger partial charge in [0, 0.05) is 12.0 Å². The lowest BCUT2D eigenvalue weighted by Crippen LogP contribution is -2.12. The van der Waals surface area contributed by atoms with Crippen LogP contribution in [-0.4, -0.2) is 12.4 Å². The Kier molecular flexibility index (Phi) is 4.95. The molecule has 0 fully saturated rings. The zero-order chi connectivity index (χ0) is 11.3. The van der Waals surface area contributed by atoms with E-state index in [1.165, 1.54) is 6.07 Å². The van der Waals surface area contributed by atoms with Crippen molar-refractivity contribution in [3.63, 3.8) is 0 Å². The molecule has 0 aliphatic rings. The van der Waals surface area contributed by atoms with Crippen LogP contribution in [0.5, 0.6) is 5.75 Å². The van der Waals surface area contributed by atoms with Crippen LogP contribution < -0.4 is 4.74 Å². The molecule has 0 radical (unpaired) electrons. The molecule has 0 amide bonds. The van der Waals surface area contributed by atoms with Crippen molar-refractivity contribution in [3.05, 3.63) is 29.6 Å². The van der Waals surface area contributed by atoms with Crippen LogP contribution in [0.25, 0.3) is 0 Å². The molecule has 0 aliphatic carbocycles. The minimum absolute atomic E-state index is 0.216. The first kappa shape index (κ1) is 12.4. The summed E-state index contributed by atoms with van der Waals surface area (Å²) in [6, 6.07) is 4.95. The highest BCUT2D eigenvalue weighted by Gasteiger charge is 2.06. The van der Waals surface area contributed by atoms with Crippen molar-refractivity contribution in [2.75, 3.05) is 12.4 Å². The number of ether oxygens (including phenoxy) is 1. The normalized spacial score (nSPS) is 12.5. The average Bonchev–Trinajstić information content (AvgIpc) is 2.24. The molecule has 1 rings (SSSR count). The largest absolute Gasteiger partial charge is 0.493 e. The Morgan fingerprint density at radius 1 is 1.47 bits per heavy atom. The van der Waals surface area contributed by atoms with E-state index >= 15 is 0 Å². The van der Waals surface area contributed by atoms with E-state index in [0.717, 1.165) is 12.2 Å². The van der Waals surface area contributed by atoms with Gasteiger partial charge < -0.3 is 4.74 Å². The van der Waals surface area contributed by atoms with E-state index in [9.17, 15) is 4.39 Å². The maximum atomic E-state index is 13.2. The molecule has 1 aromatic carbocycles. The van der Waals surface area contributed by atoms with Crippen molar-refractivity contribution in [2.24, 2.45) is 5.92 Å². The minimum atomic E-state index is -0.216. The monoisotopic (exact) mass is 228 g/mol. The van der Waals surface area contributed by atoms with Crippen LogP contribution in [0.2, 0.25) is 0 Å². The molecule has 0 aromatic heterocycles. The van der Waals surface area contributed by atoms with E-state index in [1.54, 1.807) is 19.1 Å². The SMILES string of the molecule is CCC(CS)COc1ccc(C)c(F)c1. The summed E-state index contributed by atoms with van der Waals surface area (Å²) in [5.41, 5.74) is 0.642. The van der Waals surface area contributed by atoms with Crippen LogP contribution in [0.1, 0.15) is 18.9 Å². The van der Waals surface area contributed by atoms with Gasteiger partial charge in [-0.1, -0.05) is 13.0 Å². The molecule has 0 heterocycles. The summed E-state index contributed by atoms with van der Waals surface area (Å²) in [5, 5.41) is 0. The highest BCUT2D eigenvalue weighted by molar-refractivity contribution is 7.80. The molecule has 84 valence electrons. The fourth-order valence-electron chi connectivity index (χ4n) is 1.18. The molecule has 1 unspecified atom stereocenters. The lowest BCUT2D eigenvalue weighted by molar-refractivity contribution is 0.258. The minimum Gasteiger partial charge on any atom is -0.493 e. The Hall–Kier alpha value is -0.700. The third-order valence-corrected chi connectivity index (χ3v) is 2.98. The second-order valence-corrected chi connectivity index (χ2v) is 4.04.